The lowest BCUT2D eigenvalue weighted by molar-refractivity contribution is -0.0327. The van der Waals surface area contributed by atoms with Crippen LogP contribution in [-0.4, -0.2) is 10.5 Å². The molecule has 0 saturated carbocycles. The summed E-state index contributed by atoms with van der Waals surface area (Å²) in [5.41, 5.74) is -3.63. The molecule has 0 aliphatic rings. The Hall–Kier alpha value is -0.140. The van der Waals surface area contributed by atoms with Crippen molar-refractivity contribution < 1.29 is 13.2 Å². The van der Waals surface area contributed by atoms with Crippen LogP contribution < -0.4 is 0 Å². The van der Waals surface area contributed by atoms with Gasteiger partial charge in [0.15, 0.2) is 0 Å². The van der Waals surface area contributed by atoms with Crippen LogP contribution in [-0.2, 0) is 0 Å². The Labute approximate surface area is 110 Å². The lowest BCUT2D eigenvalue weighted by Gasteiger charge is -2.04. The van der Waals surface area contributed by atoms with Gasteiger partial charge in [-0.15, -0.1) is 0 Å². The Morgan fingerprint density at radius 2 is 1.88 bits per heavy atom. The van der Waals surface area contributed by atoms with Gasteiger partial charge >= 0.3 is 5.51 Å². The highest BCUT2D eigenvalue weighted by molar-refractivity contribution is 9.10. The van der Waals surface area contributed by atoms with Gasteiger partial charge in [-0.3, -0.25) is 0 Å². The maximum absolute atomic E-state index is 12.3. The first kappa shape index (κ1) is 12.3. The molecule has 0 aliphatic heterocycles. The molecule has 2 aromatic rings. The molecular formula is C9H4Br2F3NS. The van der Waals surface area contributed by atoms with Crippen LogP contribution in [0.3, 0.4) is 0 Å². The Kier molecular flexibility index (Phi) is 3.29. The van der Waals surface area contributed by atoms with Gasteiger partial charge in [0.2, 0.25) is 0 Å². The minimum absolute atomic E-state index is 0.124. The number of thioether (sulfide) groups is 1. The molecule has 16 heavy (non-hydrogen) atoms. The predicted molar refractivity (Wildman–Crippen MR) is 65.6 cm³/mol. The van der Waals surface area contributed by atoms with Crippen molar-refractivity contribution in [2.24, 2.45) is 0 Å². The van der Waals surface area contributed by atoms with Gasteiger partial charge in [0.1, 0.15) is 0 Å². The third kappa shape index (κ3) is 2.57. The summed E-state index contributed by atoms with van der Waals surface area (Å²) in [5.74, 6) is 0. The van der Waals surface area contributed by atoms with Crippen molar-refractivity contribution in [1.82, 2.24) is 4.98 Å². The van der Waals surface area contributed by atoms with E-state index in [-0.39, 0.29) is 16.7 Å². The molecule has 7 heteroatoms. The van der Waals surface area contributed by atoms with Crippen LogP contribution >= 0.6 is 43.6 Å². The summed E-state index contributed by atoms with van der Waals surface area (Å²) >= 11 is 6.23. The van der Waals surface area contributed by atoms with Gasteiger partial charge < -0.3 is 4.98 Å². The standard InChI is InChI=1S/C9H4Br2F3NS/c10-4-1-2-5-6(3-4)15-8(11)7(5)16-9(12,13)14/h1-3,15H. The van der Waals surface area contributed by atoms with Crippen LogP contribution in [0.2, 0.25) is 0 Å². The first-order valence-electron chi connectivity index (χ1n) is 4.09. The first-order valence-corrected chi connectivity index (χ1v) is 6.49. The Bertz CT molecular complexity index is 535. The second kappa shape index (κ2) is 4.27. The maximum Gasteiger partial charge on any atom is 0.446 e. The number of benzene rings is 1. The van der Waals surface area contributed by atoms with Gasteiger partial charge in [-0.05, 0) is 39.8 Å². The van der Waals surface area contributed by atoms with E-state index in [1.807, 2.05) is 0 Å². The lowest BCUT2D eigenvalue weighted by Crippen LogP contribution is -1.98. The van der Waals surface area contributed by atoms with E-state index in [0.717, 1.165) is 4.47 Å². The molecule has 1 aromatic heterocycles. The molecule has 0 spiro atoms. The molecule has 0 fully saturated rings. The second-order valence-corrected chi connectivity index (χ2v) is 5.79. The average Bonchev–Trinajstić information content (AvgIpc) is 2.40. The van der Waals surface area contributed by atoms with Crippen LogP contribution in [0.4, 0.5) is 13.2 Å². The summed E-state index contributed by atoms with van der Waals surface area (Å²) in [7, 11) is 0. The van der Waals surface area contributed by atoms with Gasteiger partial charge in [0, 0.05) is 15.4 Å². The lowest BCUT2D eigenvalue weighted by atomic mass is 10.2. The third-order valence-corrected chi connectivity index (χ3v) is 4.10. The zero-order chi connectivity index (χ0) is 11.9. The summed E-state index contributed by atoms with van der Waals surface area (Å²) in [4.78, 5) is 3.02. The number of hydrogen-bond acceptors (Lipinski definition) is 1. The molecule has 0 amide bonds. The fourth-order valence-electron chi connectivity index (χ4n) is 1.33. The van der Waals surface area contributed by atoms with E-state index < -0.39 is 5.51 Å². The predicted octanol–water partition coefficient (Wildman–Crippen LogP) is 5.30. The Morgan fingerprint density at radius 3 is 2.50 bits per heavy atom. The van der Waals surface area contributed by atoms with Gasteiger partial charge in [0.25, 0.3) is 0 Å². The summed E-state index contributed by atoms with van der Waals surface area (Å²) in [6.45, 7) is 0. The number of aromatic amines is 1. The Morgan fingerprint density at radius 1 is 1.19 bits per heavy atom. The van der Waals surface area contributed by atoms with Crippen molar-refractivity contribution in [2.75, 3.05) is 0 Å². The molecule has 1 heterocycles. The van der Waals surface area contributed by atoms with E-state index in [4.69, 9.17) is 0 Å². The minimum atomic E-state index is -4.29. The fraction of sp³-hybridized carbons (Fsp3) is 0.111. The van der Waals surface area contributed by atoms with E-state index in [1.165, 1.54) is 0 Å². The molecule has 1 N–H and O–H groups in total. The smallest absolute Gasteiger partial charge is 0.348 e. The molecule has 0 saturated heterocycles. The minimum Gasteiger partial charge on any atom is -0.348 e. The van der Waals surface area contributed by atoms with Crippen LogP contribution in [0, 0.1) is 0 Å². The van der Waals surface area contributed by atoms with Crippen LogP contribution in [0.25, 0.3) is 10.9 Å². The highest BCUT2D eigenvalue weighted by Gasteiger charge is 2.31. The highest BCUT2D eigenvalue weighted by atomic mass is 79.9. The van der Waals surface area contributed by atoms with Crippen molar-refractivity contribution in [2.45, 2.75) is 10.4 Å². The summed E-state index contributed by atoms with van der Waals surface area (Å²) in [6, 6.07) is 5.10. The molecule has 1 aromatic carbocycles. The SMILES string of the molecule is FC(F)(F)Sc1c(Br)[nH]c2cc(Br)ccc12. The van der Waals surface area contributed by atoms with E-state index in [9.17, 15) is 13.2 Å². The Balaban J connectivity index is 2.56. The number of aromatic nitrogens is 1. The van der Waals surface area contributed by atoms with Gasteiger partial charge in [-0.25, -0.2) is 0 Å². The topological polar surface area (TPSA) is 15.8 Å². The van der Waals surface area contributed by atoms with Crippen molar-refractivity contribution in [1.29, 1.82) is 0 Å². The zero-order valence-corrected chi connectivity index (χ0v) is 11.5. The molecule has 86 valence electrons. The zero-order valence-electron chi connectivity index (χ0n) is 7.53. The number of hydrogen-bond donors (Lipinski definition) is 1. The monoisotopic (exact) mass is 373 g/mol. The quantitative estimate of drug-likeness (QED) is 0.669. The third-order valence-electron chi connectivity index (χ3n) is 1.89. The average molecular weight is 375 g/mol. The summed E-state index contributed by atoms with van der Waals surface area (Å²) in [5, 5.41) is 0.553. The normalized spacial score (nSPS) is 12.3. The highest BCUT2D eigenvalue weighted by Crippen LogP contribution is 2.44. The van der Waals surface area contributed by atoms with E-state index in [2.05, 4.69) is 36.8 Å². The van der Waals surface area contributed by atoms with Crippen LogP contribution in [0.15, 0.2) is 32.2 Å². The molecule has 0 unspecified atom stereocenters. The first-order chi connectivity index (χ1) is 7.37. The molecular weight excluding hydrogens is 371 g/mol. The number of nitrogens with one attached hydrogen (secondary N) is 1. The summed E-state index contributed by atoms with van der Waals surface area (Å²) in [6.07, 6.45) is 0. The van der Waals surface area contributed by atoms with E-state index in [0.29, 0.717) is 15.5 Å². The molecule has 0 bridgehead atoms. The number of fused-ring (bicyclic) bond motifs is 1. The van der Waals surface area contributed by atoms with Crippen LogP contribution in [0.1, 0.15) is 0 Å². The van der Waals surface area contributed by atoms with E-state index in [1.54, 1.807) is 18.2 Å². The van der Waals surface area contributed by atoms with Crippen LogP contribution in [0.5, 0.6) is 0 Å². The molecule has 2 rings (SSSR count). The molecule has 0 atom stereocenters. The van der Waals surface area contributed by atoms with Crippen molar-refractivity contribution in [3.05, 3.63) is 27.3 Å². The van der Waals surface area contributed by atoms with Crippen molar-refractivity contribution in [3.8, 4) is 0 Å². The fourth-order valence-corrected chi connectivity index (χ4v) is 3.02. The van der Waals surface area contributed by atoms with Gasteiger partial charge in [-0.2, -0.15) is 13.2 Å². The molecule has 1 nitrogen and oxygen atoms in total. The number of H-pyrrole nitrogens is 1. The van der Waals surface area contributed by atoms with E-state index >= 15 is 0 Å². The van der Waals surface area contributed by atoms with Gasteiger partial charge in [0.05, 0.1) is 9.50 Å². The summed E-state index contributed by atoms with van der Waals surface area (Å²) < 4.78 is 38.1. The molecule has 0 radical (unpaired) electrons. The van der Waals surface area contributed by atoms with Gasteiger partial charge in [-0.1, -0.05) is 22.0 Å². The van der Waals surface area contributed by atoms with Crippen molar-refractivity contribution in [3.63, 3.8) is 0 Å². The second-order valence-electron chi connectivity index (χ2n) is 3.01. The maximum atomic E-state index is 12.3. The number of rotatable bonds is 1. The molecule has 0 aliphatic carbocycles. The number of halogens is 5. The number of alkyl halides is 3. The largest absolute Gasteiger partial charge is 0.446 e. The van der Waals surface area contributed by atoms with Crippen molar-refractivity contribution >= 4 is 54.5 Å².